The van der Waals surface area contributed by atoms with Gasteiger partial charge in [0.1, 0.15) is 17.7 Å². The number of aromatic nitrogens is 2. The third kappa shape index (κ3) is 2.49. The quantitative estimate of drug-likeness (QED) is 0.838. The molecule has 1 aromatic heterocycles. The number of rotatable bonds is 3. The minimum absolute atomic E-state index is 0.0517. The van der Waals surface area contributed by atoms with Crippen LogP contribution >= 0.6 is 0 Å². The first-order valence-corrected chi connectivity index (χ1v) is 5.14. The van der Waals surface area contributed by atoms with Gasteiger partial charge in [0.2, 0.25) is 0 Å². The molecule has 0 aliphatic carbocycles. The summed E-state index contributed by atoms with van der Waals surface area (Å²) in [6.45, 7) is 0.398. The second kappa shape index (κ2) is 4.76. The molecule has 5 heteroatoms. The Morgan fingerprint density at radius 1 is 1.47 bits per heavy atom. The highest BCUT2D eigenvalue weighted by Crippen LogP contribution is 2.12. The van der Waals surface area contributed by atoms with Crippen molar-refractivity contribution in [2.24, 2.45) is 5.73 Å². The van der Waals surface area contributed by atoms with Crippen molar-refractivity contribution in [1.29, 1.82) is 5.26 Å². The van der Waals surface area contributed by atoms with Crippen LogP contribution in [-0.4, -0.2) is 9.97 Å². The third-order valence-electron chi connectivity index (χ3n) is 2.43. The van der Waals surface area contributed by atoms with Gasteiger partial charge in [0.05, 0.1) is 5.56 Å². The van der Waals surface area contributed by atoms with E-state index < -0.39 is 5.82 Å². The average molecular weight is 230 g/mol. The van der Waals surface area contributed by atoms with Crippen molar-refractivity contribution in [3.63, 3.8) is 0 Å². The van der Waals surface area contributed by atoms with Crippen LogP contribution < -0.4 is 5.73 Å². The zero-order valence-electron chi connectivity index (χ0n) is 9.07. The van der Waals surface area contributed by atoms with Gasteiger partial charge in [-0.2, -0.15) is 5.26 Å². The van der Waals surface area contributed by atoms with Crippen LogP contribution in [0, 0.1) is 17.1 Å². The molecule has 2 aromatic rings. The Kier molecular flexibility index (Phi) is 3.17. The van der Waals surface area contributed by atoms with Gasteiger partial charge in [-0.15, -0.1) is 0 Å². The molecule has 0 aliphatic heterocycles. The first-order chi connectivity index (χ1) is 8.22. The van der Waals surface area contributed by atoms with Crippen molar-refractivity contribution in [1.82, 2.24) is 9.97 Å². The summed E-state index contributed by atoms with van der Waals surface area (Å²) >= 11 is 0. The Morgan fingerprint density at radius 3 is 2.88 bits per heavy atom. The fraction of sp³-hybridized carbons (Fsp3) is 0.167. The van der Waals surface area contributed by atoms with Gasteiger partial charge >= 0.3 is 0 Å². The first kappa shape index (κ1) is 11.3. The number of hydrogen-bond acceptors (Lipinski definition) is 3. The van der Waals surface area contributed by atoms with E-state index in [4.69, 9.17) is 11.0 Å². The van der Waals surface area contributed by atoms with E-state index in [9.17, 15) is 4.39 Å². The highest BCUT2D eigenvalue weighted by atomic mass is 19.1. The van der Waals surface area contributed by atoms with Gasteiger partial charge in [-0.3, -0.25) is 0 Å². The van der Waals surface area contributed by atoms with E-state index >= 15 is 0 Å². The molecule has 0 saturated heterocycles. The summed E-state index contributed by atoms with van der Waals surface area (Å²) < 4.78 is 13.4. The molecular formula is C12H11FN4. The van der Waals surface area contributed by atoms with Crippen molar-refractivity contribution in [2.75, 3.05) is 0 Å². The van der Waals surface area contributed by atoms with Crippen LogP contribution in [0.1, 0.15) is 22.6 Å². The second-order valence-electron chi connectivity index (χ2n) is 3.66. The number of nitrogens with two attached hydrogens (primary N) is 1. The van der Waals surface area contributed by atoms with Crippen LogP contribution in [0.25, 0.3) is 0 Å². The van der Waals surface area contributed by atoms with Gasteiger partial charge in [-0.1, -0.05) is 6.07 Å². The molecule has 0 spiro atoms. The van der Waals surface area contributed by atoms with E-state index in [0.29, 0.717) is 13.0 Å². The molecule has 0 saturated carbocycles. The molecule has 1 aromatic carbocycles. The van der Waals surface area contributed by atoms with E-state index in [1.807, 2.05) is 0 Å². The summed E-state index contributed by atoms with van der Waals surface area (Å²) in [7, 11) is 0. The van der Waals surface area contributed by atoms with Crippen LogP contribution in [0.2, 0.25) is 0 Å². The summed E-state index contributed by atoms with van der Waals surface area (Å²) in [6.07, 6.45) is 2.15. The molecule has 0 bridgehead atoms. The molecule has 2 rings (SSSR count). The number of nitrogens with one attached hydrogen (secondary N) is 1. The molecule has 4 nitrogen and oxygen atoms in total. The average Bonchev–Trinajstić information content (AvgIpc) is 2.77. The lowest BCUT2D eigenvalue weighted by molar-refractivity contribution is 0.622. The highest BCUT2D eigenvalue weighted by molar-refractivity contribution is 5.34. The van der Waals surface area contributed by atoms with E-state index in [1.165, 1.54) is 12.1 Å². The SMILES string of the molecule is N#Cc1ccc(Cc2ncc(CN)[nH]2)cc1F. The number of halogens is 1. The fourth-order valence-electron chi connectivity index (χ4n) is 1.55. The maximum absolute atomic E-state index is 13.4. The number of benzene rings is 1. The van der Waals surface area contributed by atoms with Gasteiger partial charge in [-0.25, -0.2) is 9.37 Å². The van der Waals surface area contributed by atoms with Crippen LogP contribution in [0.15, 0.2) is 24.4 Å². The lowest BCUT2D eigenvalue weighted by atomic mass is 10.1. The molecule has 0 fully saturated rings. The molecule has 0 amide bonds. The smallest absolute Gasteiger partial charge is 0.141 e. The number of H-pyrrole nitrogens is 1. The number of aromatic amines is 1. The summed E-state index contributed by atoms with van der Waals surface area (Å²) in [5.74, 6) is 0.227. The van der Waals surface area contributed by atoms with Crippen LogP contribution in [0.4, 0.5) is 4.39 Å². The van der Waals surface area contributed by atoms with E-state index in [0.717, 1.165) is 17.1 Å². The predicted molar refractivity (Wildman–Crippen MR) is 60.4 cm³/mol. The van der Waals surface area contributed by atoms with Gasteiger partial charge < -0.3 is 10.7 Å². The van der Waals surface area contributed by atoms with Gasteiger partial charge in [0.25, 0.3) is 0 Å². The van der Waals surface area contributed by atoms with Crippen molar-refractivity contribution < 1.29 is 4.39 Å². The maximum atomic E-state index is 13.4. The monoisotopic (exact) mass is 230 g/mol. The standard InChI is InChI=1S/C12H11FN4/c13-11-3-8(1-2-9(11)5-14)4-12-16-7-10(6-15)17-12/h1-3,7H,4,6,15H2,(H,16,17). The molecular weight excluding hydrogens is 219 g/mol. The second-order valence-corrected chi connectivity index (χ2v) is 3.66. The van der Waals surface area contributed by atoms with Crippen molar-refractivity contribution in [3.05, 3.63) is 52.9 Å². The molecule has 0 unspecified atom stereocenters. The molecule has 17 heavy (non-hydrogen) atoms. The number of nitrogens with zero attached hydrogens (tertiary/aromatic N) is 2. The van der Waals surface area contributed by atoms with Gasteiger partial charge in [0.15, 0.2) is 0 Å². The Hall–Kier alpha value is -2.19. The fourth-order valence-corrected chi connectivity index (χ4v) is 1.55. The zero-order valence-corrected chi connectivity index (χ0v) is 9.07. The lowest BCUT2D eigenvalue weighted by Gasteiger charge is -2.00. The summed E-state index contributed by atoms with van der Waals surface area (Å²) in [4.78, 5) is 7.17. The van der Waals surface area contributed by atoms with Crippen LogP contribution in [0.3, 0.4) is 0 Å². The van der Waals surface area contributed by atoms with E-state index in [2.05, 4.69) is 9.97 Å². The minimum atomic E-state index is -0.504. The minimum Gasteiger partial charge on any atom is -0.345 e. The Bertz CT molecular complexity index is 568. The molecule has 0 atom stereocenters. The van der Waals surface area contributed by atoms with Crippen molar-refractivity contribution in [3.8, 4) is 6.07 Å². The lowest BCUT2D eigenvalue weighted by Crippen LogP contribution is -1.97. The molecule has 0 aliphatic rings. The normalized spacial score (nSPS) is 10.2. The summed E-state index contributed by atoms with van der Waals surface area (Å²) in [6, 6.07) is 6.32. The van der Waals surface area contributed by atoms with Gasteiger partial charge in [-0.05, 0) is 17.7 Å². The Morgan fingerprint density at radius 2 is 2.29 bits per heavy atom. The van der Waals surface area contributed by atoms with Crippen LogP contribution in [-0.2, 0) is 13.0 Å². The molecule has 3 N–H and O–H groups in total. The van der Waals surface area contributed by atoms with Crippen molar-refractivity contribution in [2.45, 2.75) is 13.0 Å². The number of nitriles is 1. The summed E-state index contributed by atoms with van der Waals surface area (Å²) in [5.41, 5.74) is 7.11. The summed E-state index contributed by atoms with van der Waals surface area (Å²) in [5, 5.41) is 8.61. The first-order valence-electron chi connectivity index (χ1n) is 5.14. The van der Waals surface area contributed by atoms with E-state index in [-0.39, 0.29) is 5.56 Å². The van der Waals surface area contributed by atoms with E-state index in [1.54, 1.807) is 18.3 Å². The maximum Gasteiger partial charge on any atom is 0.141 e. The van der Waals surface area contributed by atoms with Crippen molar-refractivity contribution >= 4 is 0 Å². The predicted octanol–water partition coefficient (Wildman–Crippen LogP) is 1.47. The van der Waals surface area contributed by atoms with Gasteiger partial charge in [0, 0.05) is 24.9 Å². The Labute approximate surface area is 97.9 Å². The topological polar surface area (TPSA) is 78.5 Å². The number of hydrogen-bond donors (Lipinski definition) is 2. The molecule has 0 radical (unpaired) electrons. The molecule has 86 valence electrons. The van der Waals surface area contributed by atoms with Crippen LogP contribution in [0.5, 0.6) is 0 Å². The zero-order chi connectivity index (χ0) is 12.3. The third-order valence-corrected chi connectivity index (χ3v) is 2.43. The Balaban J connectivity index is 2.19. The molecule has 1 heterocycles. The highest BCUT2D eigenvalue weighted by Gasteiger charge is 2.05. The number of imidazole rings is 1. The largest absolute Gasteiger partial charge is 0.345 e.